The first-order chi connectivity index (χ1) is 22.6. The maximum atomic E-state index is 13.8. The van der Waals surface area contributed by atoms with Gasteiger partial charge in [-0.05, 0) is 75.2 Å². The van der Waals surface area contributed by atoms with Gasteiger partial charge in [-0.2, -0.15) is 0 Å². The first-order valence-electron chi connectivity index (χ1n) is 14.6. The number of halogens is 1. The summed E-state index contributed by atoms with van der Waals surface area (Å²) in [5.41, 5.74) is 1.73. The molecule has 0 aliphatic heterocycles. The average molecular weight is 684 g/mol. The minimum absolute atomic E-state index is 0.00844. The summed E-state index contributed by atoms with van der Waals surface area (Å²) in [4.78, 5) is 51.6. The number of thioether (sulfide) groups is 1. The number of ether oxygens (including phenoxy) is 3. The molecule has 0 bridgehead atoms. The number of rotatable bonds is 14. The number of carbonyl (C=O) groups is 4. The van der Waals surface area contributed by atoms with Crippen LogP contribution in [0.15, 0.2) is 53.7 Å². The van der Waals surface area contributed by atoms with E-state index in [9.17, 15) is 23.6 Å². The summed E-state index contributed by atoms with van der Waals surface area (Å²) in [6, 6.07) is 12.8. The maximum absolute atomic E-state index is 13.8. The summed E-state index contributed by atoms with van der Waals surface area (Å²) >= 11 is 1.99. The average Bonchev–Trinajstić information content (AvgIpc) is 3.60. The van der Waals surface area contributed by atoms with E-state index in [1.165, 1.54) is 24.3 Å². The Hall–Kier alpha value is -4.76. The summed E-state index contributed by atoms with van der Waals surface area (Å²) in [6.07, 6.45) is 0.126. The smallest absolute Gasteiger partial charge is 0.348 e. The van der Waals surface area contributed by atoms with Crippen molar-refractivity contribution in [1.29, 1.82) is 0 Å². The van der Waals surface area contributed by atoms with E-state index in [1.54, 1.807) is 63.6 Å². The lowest BCUT2D eigenvalue weighted by Gasteiger charge is -2.14. The molecule has 47 heavy (non-hydrogen) atoms. The van der Waals surface area contributed by atoms with Gasteiger partial charge in [0.25, 0.3) is 0 Å². The summed E-state index contributed by atoms with van der Waals surface area (Å²) < 4.78 is 30.9. The van der Waals surface area contributed by atoms with Crippen molar-refractivity contribution in [3.8, 4) is 11.4 Å². The van der Waals surface area contributed by atoms with Gasteiger partial charge in [0.2, 0.25) is 11.8 Å². The van der Waals surface area contributed by atoms with Crippen molar-refractivity contribution in [1.82, 2.24) is 20.1 Å². The standard InChI is InChI=1S/C32H34FN5O7S2/c1-6-44-30(41)26-18(3)27(31(42)45-7-2)47-29(26)35-28(40)19(4)46-32-37-36-24(38(32)22-12-10-21(33)11-13-22)17-34-25(39)16-20-8-14-23(43-5)15-9-20/h8-15,19H,6-7,16-17H2,1-5H3,(H,34,39)(H,35,40)/t19-/m0/s1. The number of thiophene rings is 1. The van der Waals surface area contributed by atoms with Gasteiger partial charge in [0.15, 0.2) is 11.0 Å². The van der Waals surface area contributed by atoms with Gasteiger partial charge in [0.05, 0.1) is 44.1 Å². The van der Waals surface area contributed by atoms with Crippen LogP contribution in [0, 0.1) is 12.7 Å². The van der Waals surface area contributed by atoms with E-state index in [1.807, 2.05) is 0 Å². The Morgan fingerprint density at radius 2 is 1.64 bits per heavy atom. The van der Waals surface area contributed by atoms with E-state index < -0.39 is 28.9 Å². The molecule has 0 spiro atoms. The lowest BCUT2D eigenvalue weighted by Crippen LogP contribution is -2.26. The van der Waals surface area contributed by atoms with Gasteiger partial charge < -0.3 is 24.8 Å². The van der Waals surface area contributed by atoms with E-state index in [4.69, 9.17) is 14.2 Å². The highest BCUT2D eigenvalue weighted by molar-refractivity contribution is 8.00. The predicted molar refractivity (Wildman–Crippen MR) is 175 cm³/mol. The molecule has 2 heterocycles. The quantitative estimate of drug-likeness (QED) is 0.135. The molecule has 0 aliphatic carbocycles. The molecule has 0 saturated carbocycles. The molecule has 2 amide bonds. The number of nitrogens with one attached hydrogen (secondary N) is 2. The number of carbonyl (C=O) groups excluding carboxylic acids is 4. The minimum Gasteiger partial charge on any atom is -0.497 e. The van der Waals surface area contributed by atoms with Gasteiger partial charge in [-0.3, -0.25) is 14.2 Å². The number of esters is 2. The Balaban J connectivity index is 1.54. The van der Waals surface area contributed by atoms with Crippen LogP contribution in [0.4, 0.5) is 9.39 Å². The van der Waals surface area contributed by atoms with Crippen molar-refractivity contribution in [2.45, 2.75) is 51.1 Å². The molecule has 0 saturated heterocycles. The number of aromatic nitrogens is 3. The van der Waals surface area contributed by atoms with E-state index in [0.717, 1.165) is 28.7 Å². The highest BCUT2D eigenvalue weighted by atomic mass is 32.2. The zero-order chi connectivity index (χ0) is 34.1. The fraction of sp³-hybridized carbons (Fsp3) is 0.312. The highest BCUT2D eigenvalue weighted by Gasteiger charge is 2.29. The third kappa shape index (κ3) is 8.74. The van der Waals surface area contributed by atoms with E-state index in [-0.39, 0.29) is 47.5 Å². The largest absolute Gasteiger partial charge is 0.497 e. The van der Waals surface area contributed by atoms with Crippen LogP contribution in [0.5, 0.6) is 5.75 Å². The Morgan fingerprint density at radius 1 is 0.979 bits per heavy atom. The molecule has 0 unspecified atom stereocenters. The number of benzene rings is 2. The second-order valence-electron chi connectivity index (χ2n) is 9.96. The van der Waals surface area contributed by atoms with Crippen molar-refractivity contribution >= 4 is 51.9 Å². The fourth-order valence-corrected chi connectivity index (χ4v) is 6.35. The van der Waals surface area contributed by atoms with Crippen LogP contribution in [-0.4, -0.2) is 64.1 Å². The van der Waals surface area contributed by atoms with Crippen molar-refractivity contribution in [3.63, 3.8) is 0 Å². The van der Waals surface area contributed by atoms with Crippen LogP contribution in [0.2, 0.25) is 0 Å². The first-order valence-corrected chi connectivity index (χ1v) is 16.3. The molecular weight excluding hydrogens is 650 g/mol. The lowest BCUT2D eigenvalue weighted by atomic mass is 10.1. The second-order valence-corrected chi connectivity index (χ2v) is 12.3. The van der Waals surface area contributed by atoms with Crippen LogP contribution >= 0.6 is 23.1 Å². The lowest BCUT2D eigenvalue weighted by molar-refractivity contribution is -0.120. The van der Waals surface area contributed by atoms with Crippen molar-refractivity contribution < 1.29 is 37.8 Å². The molecule has 12 nitrogen and oxygen atoms in total. The summed E-state index contributed by atoms with van der Waals surface area (Å²) in [6.45, 7) is 6.80. The number of amides is 2. The molecule has 0 fully saturated rings. The van der Waals surface area contributed by atoms with Crippen molar-refractivity contribution in [3.05, 3.63) is 81.7 Å². The van der Waals surface area contributed by atoms with E-state index >= 15 is 0 Å². The van der Waals surface area contributed by atoms with Gasteiger partial charge in [0.1, 0.15) is 21.4 Å². The molecule has 0 radical (unpaired) electrons. The molecule has 15 heteroatoms. The van der Waals surface area contributed by atoms with E-state index in [0.29, 0.717) is 28.0 Å². The number of hydrogen-bond acceptors (Lipinski definition) is 11. The molecule has 4 rings (SSSR count). The zero-order valence-electron chi connectivity index (χ0n) is 26.4. The van der Waals surface area contributed by atoms with Gasteiger partial charge in [0, 0.05) is 5.69 Å². The normalized spacial score (nSPS) is 11.4. The fourth-order valence-electron chi connectivity index (χ4n) is 4.38. The molecule has 0 aliphatic rings. The number of anilines is 1. The topological polar surface area (TPSA) is 151 Å². The van der Waals surface area contributed by atoms with Crippen LogP contribution in [0.1, 0.15) is 57.8 Å². The van der Waals surface area contributed by atoms with Crippen LogP contribution in [0.25, 0.3) is 5.69 Å². The zero-order valence-corrected chi connectivity index (χ0v) is 28.1. The van der Waals surface area contributed by atoms with Crippen LogP contribution in [0.3, 0.4) is 0 Å². The third-order valence-electron chi connectivity index (χ3n) is 6.73. The Morgan fingerprint density at radius 3 is 2.28 bits per heavy atom. The van der Waals surface area contributed by atoms with E-state index in [2.05, 4.69) is 20.8 Å². The van der Waals surface area contributed by atoms with Gasteiger partial charge >= 0.3 is 11.9 Å². The number of nitrogens with zero attached hydrogens (tertiary/aromatic N) is 3. The van der Waals surface area contributed by atoms with Crippen molar-refractivity contribution in [2.75, 3.05) is 25.6 Å². The van der Waals surface area contributed by atoms with Gasteiger partial charge in [-0.15, -0.1) is 21.5 Å². The van der Waals surface area contributed by atoms with Gasteiger partial charge in [-0.1, -0.05) is 23.9 Å². The SMILES string of the molecule is CCOC(=O)c1sc(NC(=O)[C@H](C)Sc2nnc(CNC(=O)Cc3ccc(OC)cc3)n2-c2ccc(F)cc2)c(C(=O)OCC)c1C. The summed E-state index contributed by atoms with van der Waals surface area (Å²) in [5, 5.41) is 13.8. The predicted octanol–water partition coefficient (Wildman–Crippen LogP) is 5.12. The molecule has 1 atom stereocenters. The Labute approximate surface area is 279 Å². The first kappa shape index (κ1) is 35.1. The molecular formula is C32H34FN5O7S2. The minimum atomic E-state index is -0.778. The summed E-state index contributed by atoms with van der Waals surface area (Å²) in [5.74, 6) is -1.43. The Kier molecular flexibility index (Phi) is 12.1. The number of methoxy groups -OCH3 is 1. The highest BCUT2D eigenvalue weighted by Crippen LogP contribution is 2.35. The number of hydrogen-bond donors (Lipinski definition) is 2. The molecule has 4 aromatic rings. The molecule has 2 N–H and O–H groups in total. The van der Waals surface area contributed by atoms with Crippen LogP contribution < -0.4 is 15.4 Å². The Bertz CT molecular complexity index is 1740. The third-order valence-corrected chi connectivity index (χ3v) is 8.96. The molecule has 2 aromatic heterocycles. The summed E-state index contributed by atoms with van der Waals surface area (Å²) in [7, 11) is 1.56. The monoisotopic (exact) mass is 683 g/mol. The van der Waals surface area contributed by atoms with Crippen molar-refractivity contribution in [2.24, 2.45) is 0 Å². The molecule has 248 valence electrons. The van der Waals surface area contributed by atoms with Crippen LogP contribution in [-0.2, 0) is 32.0 Å². The molecule has 2 aromatic carbocycles. The second kappa shape index (κ2) is 16.2. The maximum Gasteiger partial charge on any atom is 0.348 e. The van der Waals surface area contributed by atoms with Gasteiger partial charge in [-0.25, -0.2) is 14.0 Å².